The Morgan fingerprint density at radius 3 is 2.73 bits per heavy atom. The minimum atomic E-state index is -0.240. The second-order valence-electron chi connectivity index (χ2n) is 7.67. The molecule has 0 saturated heterocycles. The van der Waals surface area contributed by atoms with Gasteiger partial charge in [-0.3, -0.25) is 4.79 Å². The minimum absolute atomic E-state index is 0.102. The topological polar surface area (TPSA) is 59.6 Å². The van der Waals surface area contributed by atoms with Crippen LogP contribution in [0.1, 0.15) is 30.5 Å². The Morgan fingerprint density at radius 1 is 1.06 bits per heavy atom. The first-order chi connectivity index (χ1) is 16.1. The normalized spacial score (nSPS) is 14.9. The molecule has 1 aliphatic heterocycles. The van der Waals surface area contributed by atoms with Crippen LogP contribution < -0.4 is 20.1 Å². The smallest absolute Gasteiger partial charge is 0.262 e. The highest BCUT2D eigenvalue weighted by Crippen LogP contribution is 2.37. The quantitative estimate of drug-likeness (QED) is 0.432. The third kappa shape index (κ3) is 6.27. The fourth-order valence-electron chi connectivity index (χ4n) is 3.73. The molecule has 3 aromatic carbocycles. The van der Waals surface area contributed by atoms with E-state index in [1.54, 1.807) is 17.8 Å². The monoisotopic (exact) mass is 466 g/mol. The molecular weight excluding hydrogens is 439 g/mol. The second kappa shape index (κ2) is 11.2. The molecule has 0 aliphatic carbocycles. The van der Waals surface area contributed by atoms with Crippen molar-refractivity contribution in [3.8, 4) is 11.5 Å². The van der Waals surface area contributed by atoms with E-state index in [0.29, 0.717) is 24.7 Å². The number of para-hydroxylation sites is 1. The molecule has 0 radical (unpaired) electrons. The number of nitrogens with one attached hydrogen (secondary N) is 2. The van der Waals surface area contributed by atoms with Crippen LogP contribution in [0, 0.1) is 5.82 Å². The largest absolute Gasteiger partial charge is 0.490 e. The number of halogens is 1. The van der Waals surface area contributed by atoms with E-state index < -0.39 is 0 Å². The maximum absolute atomic E-state index is 13.8. The van der Waals surface area contributed by atoms with Crippen LogP contribution in [0.4, 0.5) is 10.1 Å². The second-order valence-corrected chi connectivity index (χ2v) is 8.81. The van der Waals surface area contributed by atoms with Gasteiger partial charge < -0.3 is 20.1 Å². The van der Waals surface area contributed by atoms with Gasteiger partial charge in [0, 0.05) is 23.2 Å². The van der Waals surface area contributed by atoms with E-state index in [1.165, 1.54) is 6.07 Å². The summed E-state index contributed by atoms with van der Waals surface area (Å²) in [6, 6.07) is 20.0. The molecule has 0 bridgehead atoms. The van der Waals surface area contributed by atoms with E-state index in [4.69, 9.17) is 9.47 Å². The van der Waals surface area contributed by atoms with Gasteiger partial charge in [-0.15, -0.1) is 11.8 Å². The lowest BCUT2D eigenvalue weighted by Crippen LogP contribution is -2.24. The molecule has 33 heavy (non-hydrogen) atoms. The average molecular weight is 467 g/mol. The number of rotatable bonds is 9. The van der Waals surface area contributed by atoms with E-state index in [0.717, 1.165) is 33.9 Å². The van der Waals surface area contributed by atoms with E-state index in [-0.39, 0.29) is 24.4 Å². The van der Waals surface area contributed by atoms with E-state index in [1.807, 2.05) is 61.5 Å². The first-order valence-corrected chi connectivity index (χ1v) is 12.0. The molecule has 3 aromatic rings. The van der Waals surface area contributed by atoms with Crippen molar-refractivity contribution in [1.29, 1.82) is 0 Å². The Bertz CT molecular complexity index is 1090. The van der Waals surface area contributed by atoms with Crippen LogP contribution in [0.25, 0.3) is 0 Å². The predicted octanol–water partition coefficient (Wildman–Crippen LogP) is 5.57. The maximum Gasteiger partial charge on any atom is 0.262 e. The fraction of sp³-hybridized carbons (Fsp3) is 0.269. The number of hydrogen-bond acceptors (Lipinski definition) is 5. The Labute approximate surface area is 197 Å². The zero-order valence-electron chi connectivity index (χ0n) is 18.5. The number of thioether (sulfide) groups is 1. The van der Waals surface area contributed by atoms with E-state index in [2.05, 4.69) is 10.6 Å². The number of amides is 1. The summed E-state index contributed by atoms with van der Waals surface area (Å²) in [6.07, 6.45) is 0.942. The summed E-state index contributed by atoms with van der Waals surface area (Å²) in [7, 11) is 0. The van der Waals surface area contributed by atoms with Crippen molar-refractivity contribution in [3.05, 3.63) is 83.7 Å². The number of fused-ring (bicyclic) bond motifs is 1. The van der Waals surface area contributed by atoms with Crippen LogP contribution in [0.2, 0.25) is 0 Å². The summed E-state index contributed by atoms with van der Waals surface area (Å²) >= 11 is 1.77. The van der Waals surface area contributed by atoms with Gasteiger partial charge in [0.15, 0.2) is 18.1 Å². The van der Waals surface area contributed by atoms with E-state index in [9.17, 15) is 9.18 Å². The molecule has 1 heterocycles. The predicted molar refractivity (Wildman–Crippen MR) is 129 cm³/mol. The van der Waals surface area contributed by atoms with Gasteiger partial charge >= 0.3 is 0 Å². The van der Waals surface area contributed by atoms with Crippen LogP contribution in [-0.4, -0.2) is 24.9 Å². The van der Waals surface area contributed by atoms with Gasteiger partial charge in [-0.05, 0) is 72.7 Å². The first kappa shape index (κ1) is 23.1. The van der Waals surface area contributed by atoms with Crippen molar-refractivity contribution in [2.45, 2.75) is 30.8 Å². The third-order valence-electron chi connectivity index (χ3n) is 5.29. The van der Waals surface area contributed by atoms with Crippen molar-refractivity contribution in [2.75, 3.05) is 24.3 Å². The summed E-state index contributed by atoms with van der Waals surface area (Å²) in [5.41, 5.74) is 2.76. The molecule has 0 spiro atoms. The van der Waals surface area contributed by atoms with E-state index >= 15 is 0 Å². The van der Waals surface area contributed by atoms with Gasteiger partial charge in [0.05, 0.1) is 6.61 Å². The van der Waals surface area contributed by atoms with Gasteiger partial charge in [0.1, 0.15) is 5.82 Å². The van der Waals surface area contributed by atoms with Crippen LogP contribution in [0.3, 0.4) is 0 Å². The molecule has 4 rings (SSSR count). The SMILES string of the molecule is CCOc1cc(CNC2CCSc3ccc(F)cc32)ccc1OCC(=O)Nc1ccccc1. The highest BCUT2D eigenvalue weighted by atomic mass is 32.2. The molecule has 0 saturated carbocycles. The average Bonchev–Trinajstić information content (AvgIpc) is 2.83. The zero-order valence-corrected chi connectivity index (χ0v) is 19.3. The third-order valence-corrected chi connectivity index (χ3v) is 6.41. The number of anilines is 1. The molecule has 172 valence electrons. The van der Waals surface area contributed by atoms with Crippen molar-refractivity contribution in [3.63, 3.8) is 0 Å². The van der Waals surface area contributed by atoms with Gasteiger partial charge in [-0.2, -0.15) is 0 Å². The molecule has 7 heteroatoms. The van der Waals surface area contributed by atoms with Crippen molar-refractivity contribution < 1.29 is 18.7 Å². The Balaban J connectivity index is 1.38. The van der Waals surface area contributed by atoms with Gasteiger partial charge in [0.25, 0.3) is 5.91 Å². The maximum atomic E-state index is 13.8. The highest BCUT2D eigenvalue weighted by molar-refractivity contribution is 7.99. The molecule has 5 nitrogen and oxygen atoms in total. The lowest BCUT2D eigenvalue weighted by molar-refractivity contribution is -0.118. The Morgan fingerprint density at radius 2 is 1.91 bits per heavy atom. The number of benzene rings is 3. The summed E-state index contributed by atoms with van der Waals surface area (Å²) < 4.78 is 25.3. The summed E-state index contributed by atoms with van der Waals surface area (Å²) in [5, 5.41) is 6.35. The molecule has 1 aliphatic rings. The highest BCUT2D eigenvalue weighted by Gasteiger charge is 2.21. The number of carbonyl (C=O) groups is 1. The summed E-state index contributed by atoms with van der Waals surface area (Å²) in [5.74, 6) is 1.66. The summed E-state index contributed by atoms with van der Waals surface area (Å²) in [4.78, 5) is 13.3. The van der Waals surface area contributed by atoms with Crippen molar-refractivity contribution >= 4 is 23.4 Å². The van der Waals surface area contributed by atoms with Gasteiger partial charge in [-0.25, -0.2) is 4.39 Å². The minimum Gasteiger partial charge on any atom is -0.490 e. The molecule has 2 N–H and O–H groups in total. The standard InChI is InChI=1S/C26H27FN2O3S/c1-2-31-24-14-18(16-28-22-12-13-33-25-11-9-19(27)15-21(22)25)8-10-23(24)32-17-26(30)29-20-6-4-3-5-7-20/h3-11,14-15,22,28H,2,12-13,16-17H2,1H3,(H,29,30). The summed E-state index contributed by atoms with van der Waals surface area (Å²) in [6.45, 7) is 2.88. The molecule has 1 unspecified atom stereocenters. The Hall–Kier alpha value is -3.03. The lowest BCUT2D eigenvalue weighted by atomic mass is 10.0. The molecular formula is C26H27FN2O3S. The number of carbonyl (C=O) groups excluding carboxylic acids is 1. The van der Waals surface area contributed by atoms with Gasteiger partial charge in [0.2, 0.25) is 0 Å². The molecule has 1 atom stereocenters. The van der Waals surface area contributed by atoms with Crippen molar-refractivity contribution in [1.82, 2.24) is 5.32 Å². The van der Waals surface area contributed by atoms with Gasteiger partial charge in [-0.1, -0.05) is 24.3 Å². The number of ether oxygens (including phenoxy) is 2. The van der Waals surface area contributed by atoms with Crippen LogP contribution in [-0.2, 0) is 11.3 Å². The lowest BCUT2D eigenvalue weighted by Gasteiger charge is -2.26. The molecule has 0 fully saturated rings. The zero-order chi connectivity index (χ0) is 23.0. The van der Waals surface area contributed by atoms with Crippen LogP contribution in [0.5, 0.6) is 11.5 Å². The fourth-order valence-corrected chi connectivity index (χ4v) is 4.84. The number of hydrogen-bond donors (Lipinski definition) is 2. The first-order valence-electron chi connectivity index (χ1n) is 11.0. The molecule has 0 aromatic heterocycles. The van der Waals surface area contributed by atoms with Crippen LogP contribution >= 0.6 is 11.8 Å². The van der Waals surface area contributed by atoms with Crippen molar-refractivity contribution in [2.24, 2.45) is 0 Å². The van der Waals surface area contributed by atoms with Crippen LogP contribution in [0.15, 0.2) is 71.6 Å². The molecule has 1 amide bonds. The Kier molecular flexibility index (Phi) is 7.86.